The Labute approximate surface area is 117 Å². The number of carbonyl (C=O) groups excluding carboxylic acids is 1. The monoisotopic (exact) mass is 312 g/mol. The Kier molecular flexibility index (Phi) is 6.36. The van der Waals surface area contributed by atoms with Crippen LogP contribution in [0.25, 0.3) is 0 Å². The molecule has 1 aromatic carbocycles. The maximum Gasteiger partial charge on any atom is 0.221 e. The fourth-order valence-corrected chi connectivity index (χ4v) is 1.93. The minimum atomic E-state index is 0.0977. The summed E-state index contributed by atoms with van der Waals surface area (Å²) in [5.41, 5.74) is 1.22. The van der Waals surface area contributed by atoms with E-state index in [2.05, 4.69) is 45.6 Å². The summed E-state index contributed by atoms with van der Waals surface area (Å²) in [4.78, 5) is 11.5. The topological polar surface area (TPSA) is 41.1 Å². The third-order valence-corrected chi connectivity index (χ3v) is 3.15. The molecule has 1 rings (SSSR count). The first kappa shape index (κ1) is 15.2. The van der Waals surface area contributed by atoms with Gasteiger partial charge in [-0.1, -0.05) is 28.1 Å². The zero-order valence-electron chi connectivity index (χ0n) is 11.2. The van der Waals surface area contributed by atoms with E-state index in [-0.39, 0.29) is 18.0 Å². The molecule has 4 heteroatoms. The summed E-state index contributed by atoms with van der Waals surface area (Å²) < 4.78 is 1.08. The van der Waals surface area contributed by atoms with Crippen LogP contribution in [0.4, 0.5) is 0 Å². The number of benzene rings is 1. The molecule has 1 atom stereocenters. The van der Waals surface area contributed by atoms with Gasteiger partial charge < -0.3 is 10.6 Å². The van der Waals surface area contributed by atoms with E-state index in [9.17, 15) is 4.79 Å². The highest BCUT2D eigenvalue weighted by molar-refractivity contribution is 9.10. The van der Waals surface area contributed by atoms with Crippen LogP contribution in [0.5, 0.6) is 0 Å². The SMILES string of the molecule is CC(C)NC(=O)CCN[C@@H](C)c1ccc(Br)cc1. The van der Waals surface area contributed by atoms with Gasteiger partial charge in [0.15, 0.2) is 0 Å². The van der Waals surface area contributed by atoms with Gasteiger partial charge in [-0.05, 0) is 38.5 Å². The molecule has 0 saturated heterocycles. The van der Waals surface area contributed by atoms with Crippen LogP contribution in [0, 0.1) is 0 Å². The lowest BCUT2D eigenvalue weighted by atomic mass is 10.1. The molecule has 0 aromatic heterocycles. The molecule has 0 aliphatic heterocycles. The minimum absolute atomic E-state index is 0.0977. The molecule has 1 aromatic rings. The molecule has 0 bridgehead atoms. The van der Waals surface area contributed by atoms with Crippen molar-refractivity contribution in [2.75, 3.05) is 6.54 Å². The van der Waals surface area contributed by atoms with Crippen LogP contribution in [0.3, 0.4) is 0 Å². The third-order valence-electron chi connectivity index (χ3n) is 2.62. The molecule has 0 heterocycles. The second-order valence-electron chi connectivity index (χ2n) is 4.70. The summed E-state index contributed by atoms with van der Waals surface area (Å²) in [6, 6.07) is 8.68. The van der Waals surface area contributed by atoms with Crippen LogP contribution in [0.1, 0.15) is 38.8 Å². The summed E-state index contributed by atoms with van der Waals surface area (Å²) in [6.07, 6.45) is 0.513. The minimum Gasteiger partial charge on any atom is -0.354 e. The molecule has 100 valence electrons. The van der Waals surface area contributed by atoms with E-state index in [1.165, 1.54) is 5.56 Å². The maximum absolute atomic E-state index is 11.5. The largest absolute Gasteiger partial charge is 0.354 e. The average molecular weight is 313 g/mol. The highest BCUT2D eigenvalue weighted by Gasteiger charge is 2.06. The molecule has 0 spiro atoms. The quantitative estimate of drug-likeness (QED) is 0.847. The Morgan fingerprint density at radius 2 is 1.83 bits per heavy atom. The molecule has 18 heavy (non-hydrogen) atoms. The van der Waals surface area contributed by atoms with E-state index in [4.69, 9.17) is 0 Å². The van der Waals surface area contributed by atoms with E-state index in [0.717, 1.165) is 4.47 Å². The lowest BCUT2D eigenvalue weighted by Gasteiger charge is -2.14. The van der Waals surface area contributed by atoms with Gasteiger partial charge in [0.1, 0.15) is 0 Å². The highest BCUT2D eigenvalue weighted by atomic mass is 79.9. The first-order valence-corrected chi connectivity index (χ1v) is 7.06. The van der Waals surface area contributed by atoms with Gasteiger partial charge in [-0.2, -0.15) is 0 Å². The van der Waals surface area contributed by atoms with Crippen molar-refractivity contribution in [1.82, 2.24) is 10.6 Å². The first-order chi connectivity index (χ1) is 8.49. The van der Waals surface area contributed by atoms with Crippen molar-refractivity contribution < 1.29 is 4.79 Å². The van der Waals surface area contributed by atoms with Gasteiger partial charge in [0.2, 0.25) is 5.91 Å². The lowest BCUT2D eigenvalue weighted by Crippen LogP contribution is -2.33. The molecule has 0 unspecified atom stereocenters. The number of hydrogen-bond acceptors (Lipinski definition) is 2. The molecule has 0 aliphatic carbocycles. The van der Waals surface area contributed by atoms with Crippen molar-refractivity contribution in [2.24, 2.45) is 0 Å². The Balaban J connectivity index is 2.31. The Morgan fingerprint density at radius 1 is 1.22 bits per heavy atom. The summed E-state index contributed by atoms with van der Waals surface area (Å²) in [5.74, 6) is 0.0977. The van der Waals surface area contributed by atoms with Crippen LogP contribution < -0.4 is 10.6 Å². The molecule has 0 fully saturated rings. The summed E-state index contributed by atoms with van der Waals surface area (Å²) in [7, 11) is 0. The van der Waals surface area contributed by atoms with Crippen LogP contribution in [-0.2, 0) is 4.79 Å². The number of hydrogen-bond donors (Lipinski definition) is 2. The van der Waals surface area contributed by atoms with Crippen LogP contribution in [0.2, 0.25) is 0 Å². The summed E-state index contributed by atoms with van der Waals surface area (Å²) >= 11 is 3.42. The fourth-order valence-electron chi connectivity index (χ4n) is 1.67. The fraction of sp³-hybridized carbons (Fsp3) is 0.500. The molecule has 1 amide bonds. The Bertz CT molecular complexity index is 376. The smallest absolute Gasteiger partial charge is 0.221 e. The first-order valence-electron chi connectivity index (χ1n) is 6.27. The van der Waals surface area contributed by atoms with E-state index in [0.29, 0.717) is 13.0 Å². The second kappa shape index (κ2) is 7.54. The number of halogens is 1. The van der Waals surface area contributed by atoms with E-state index < -0.39 is 0 Å². The lowest BCUT2D eigenvalue weighted by molar-refractivity contribution is -0.121. The third kappa shape index (κ3) is 5.65. The van der Waals surface area contributed by atoms with Gasteiger partial charge in [0.05, 0.1) is 0 Å². The van der Waals surface area contributed by atoms with Crippen molar-refractivity contribution in [2.45, 2.75) is 39.3 Å². The Morgan fingerprint density at radius 3 is 2.39 bits per heavy atom. The predicted octanol–water partition coefficient (Wildman–Crippen LogP) is 3.01. The molecule has 3 nitrogen and oxygen atoms in total. The van der Waals surface area contributed by atoms with Gasteiger partial charge in [-0.25, -0.2) is 0 Å². The molecule has 0 aliphatic rings. The van der Waals surface area contributed by atoms with Gasteiger partial charge in [0.25, 0.3) is 0 Å². The predicted molar refractivity (Wildman–Crippen MR) is 78.5 cm³/mol. The maximum atomic E-state index is 11.5. The van der Waals surface area contributed by atoms with Gasteiger partial charge in [-0.3, -0.25) is 4.79 Å². The molecular formula is C14H21BrN2O. The van der Waals surface area contributed by atoms with E-state index in [1.807, 2.05) is 26.0 Å². The van der Waals surface area contributed by atoms with Crippen molar-refractivity contribution in [1.29, 1.82) is 0 Å². The van der Waals surface area contributed by atoms with Crippen molar-refractivity contribution in [3.8, 4) is 0 Å². The molecule has 0 radical (unpaired) electrons. The van der Waals surface area contributed by atoms with Gasteiger partial charge in [0, 0.05) is 29.5 Å². The summed E-state index contributed by atoms with van der Waals surface area (Å²) in [5, 5.41) is 6.22. The van der Waals surface area contributed by atoms with Crippen LogP contribution in [0.15, 0.2) is 28.7 Å². The summed E-state index contributed by atoms with van der Waals surface area (Å²) in [6.45, 7) is 6.73. The zero-order chi connectivity index (χ0) is 13.5. The van der Waals surface area contributed by atoms with E-state index >= 15 is 0 Å². The number of amides is 1. The number of rotatable bonds is 6. The molecule has 2 N–H and O–H groups in total. The second-order valence-corrected chi connectivity index (χ2v) is 5.62. The zero-order valence-corrected chi connectivity index (χ0v) is 12.8. The van der Waals surface area contributed by atoms with Crippen molar-refractivity contribution in [3.05, 3.63) is 34.3 Å². The number of carbonyl (C=O) groups is 1. The van der Waals surface area contributed by atoms with Crippen molar-refractivity contribution in [3.63, 3.8) is 0 Å². The molecule has 0 saturated carbocycles. The van der Waals surface area contributed by atoms with E-state index in [1.54, 1.807) is 0 Å². The van der Waals surface area contributed by atoms with Crippen LogP contribution in [-0.4, -0.2) is 18.5 Å². The number of nitrogens with one attached hydrogen (secondary N) is 2. The van der Waals surface area contributed by atoms with Crippen molar-refractivity contribution >= 4 is 21.8 Å². The normalized spacial score (nSPS) is 12.5. The van der Waals surface area contributed by atoms with Crippen LogP contribution >= 0.6 is 15.9 Å². The Hall–Kier alpha value is -0.870. The molecular weight excluding hydrogens is 292 g/mol. The average Bonchev–Trinajstić information content (AvgIpc) is 2.28. The van der Waals surface area contributed by atoms with Gasteiger partial charge in [-0.15, -0.1) is 0 Å². The highest BCUT2D eigenvalue weighted by Crippen LogP contribution is 2.16. The van der Waals surface area contributed by atoms with Gasteiger partial charge >= 0.3 is 0 Å². The standard InChI is InChI=1S/C14H21BrN2O/c1-10(2)17-14(18)8-9-16-11(3)12-4-6-13(15)7-5-12/h4-7,10-11,16H,8-9H2,1-3H3,(H,17,18)/t11-/m0/s1.